The Morgan fingerprint density at radius 3 is 2.14 bits per heavy atom. The molecule has 2 N–H and O–H groups in total. The summed E-state index contributed by atoms with van der Waals surface area (Å²) in [5.74, 6) is -0.518. The highest BCUT2D eigenvalue weighted by Gasteiger charge is 2.53. The molecule has 4 saturated carbocycles. The van der Waals surface area contributed by atoms with E-state index in [0.717, 1.165) is 12.3 Å². The van der Waals surface area contributed by atoms with Crippen molar-refractivity contribution in [1.29, 1.82) is 0 Å². The number of pyridine rings is 1. The minimum Gasteiger partial charge on any atom is -0.368 e. The number of rotatable bonds is 8. The van der Waals surface area contributed by atoms with Crippen molar-refractivity contribution in [2.45, 2.75) is 88.2 Å². The number of carbonyl (C=O) groups is 2. The molecule has 0 saturated heterocycles. The van der Waals surface area contributed by atoms with Crippen LogP contribution in [0.2, 0.25) is 0 Å². The van der Waals surface area contributed by atoms with E-state index in [2.05, 4.69) is 20.4 Å². The van der Waals surface area contributed by atoms with E-state index >= 15 is 0 Å². The Kier molecular flexibility index (Phi) is 7.26. The second kappa shape index (κ2) is 9.81. The zero-order chi connectivity index (χ0) is 26.2. The summed E-state index contributed by atoms with van der Waals surface area (Å²) >= 11 is 0. The number of fused-ring (bicyclic) bond motifs is 3. The van der Waals surface area contributed by atoms with Gasteiger partial charge in [0.05, 0.1) is 30.0 Å². The highest BCUT2D eigenvalue weighted by Crippen LogP contribution is 2.52. The number of aromatic nitrogens is 1. The maximum absolute atomic E-state index is 12.9. The number of nitrogens with zero attached hydrogens (tertiary/aromatic N) is 1. The molecule has 36 heavy (non-hydrogen) atoms. The van der Waals surface area contributed by atoms with E-state index in [1.807, 2.05) is 0 Å². The van der Waals surface area contributed by atoms with Crippen LogP contribution in [0.15, 0.2) is 18.3 Å². The molecule has 1 aromatic heterocycles. The number of hydrogen-bond acceptors (Lipinski definition) is 5. The van der Waals surface area contributed by atoms with Gasteiger partial charge in [0.2, 0.25) is 11.8 Å². The van der Waals surface area contributed by atoms with Crippen LogP contribution in [0.1, 0.15) is 62.6 Å². The van der Waals surface area contributed by atoms with E-state index in [4.69, 9.17) is 4.74 Å². The number of nitrogens with one attached hydrogen (secondary N) is 2. The summed E-state index contributed by atoms with van der Waals surface area (Å²) in [6.07, 6.45) is -6.20. The molecule has 13 heteroatoms. The zero-order valence-corrected chi connectivity index (χ0v) is 19.3. The third-order valence-electron chi connectivity index (χ3n) is 7.52. The maximum Gasteiger partial charge on any atom is 0.522 e. The number of carbonyl (C=O) groups excluding carboxylic acids is 2. The number of hydrogen-bond donors (Lipinski definition) is 2. The molecular weight excluding hydrogens is 496 g/mol. The standard InChI is InChI=1S/C23H27F6N3O4/c24-22(25,26)14-1-2-15(30-11-14)12-31-19(34)20-3-6-21(7-4-20,8-5-20)32-18(33)13-35-16-9-17(10-16)36-23(27,28)29/h1-2,11,16-17H,3-10,12-13H2,(H,31,34)(H,32,33). The lowest BCUT2D eigenvalue weighted by Gasteiger charge is -2.52. The van der Waals surface area contributed by atoms with E-state index in [1.165, 1.54) is 6.07 Å². The summed E-state index contributed by atoms with van der Waals surface area (Å²) in [7, 11) is 0. The van der Waals surface area contributed by atoms with Gasteiger partial charge >= 0.3 is 12.5 Å². The molecule has 0 unspecified atom stereocenters. The van der Waals surface area contributed by atoms with E-state index < -0.39 is 41.3 Å². The smallest absolute Gasteiger partial charge is 0.368 e. The first-order chi connectivity index (χ1) is 16.8. The first kappa shape index (κ1) is 26.6. The molecule has 0 spiro atoms. The molecule has 5 rings (SSSR count). The minimum absolute atomic E-state index is 0.0218. The predicted octanol–water partition coefficient (Wildman–Crippen LogP) is 4.01. The molecule has 7 nitrogen and oxygen atoms in total. The lowest BCUT2D eigenvalue weighted by atomic mass is 9.57. The van der Waals surface area contributed by atoms with Gasteiger partial charge in [0.25, 0.3) is 0 Å². The van der Waals surface area contributed by atoms with E-state index in [9.17, 15) is 35.9 Å². The van der Waals surface area contributed by atoms with Gasteiger partial charge in [0.1, 0.15) is 6.61 Å². The van der Waals surface area contributed by atoms with Gasteiger partial charge in [-0.05, 0) is 50.7 Å². The molecule has 1 aromatic rings. The van der Waals surface area contributed by atoms with Crippen molar-refractivity contribution >= 4 is 11.8 Å². The van der Waals surface area contributed by atoms with Crippen molar-refractivity contribution in [3.05, 3.63) is 29.6 Å². The summed E-state index contributed by atoms with van der Waals surface area (Å²) in [5.41, 5.74) is -1.57. The third-order valence-corrected chi connectivity index (χ3v) is 7.52. The van der Waals surface area contributed by atoms with Gasteiger partial charge in [0, 0.05) is 30.0 Å². The van der Waals surface area contributed by atoms with Crippen molar-refractivity contribution < 1.29 is 45.4 Å². The molecule has 0 aromatic carbocycles. The molecule has 200 valence electrons. The largest absolute Gasteiger partial charge is 0.522 e. The fourth-order valence-electron chi connectivity index (χ4n) is 5.23. The van der Waals surface area contributed by atoms with Crippen LogP contribution in [0.4, 0.5) is 26.3 Å². The highest BCUT2D eigenvalue weighted by molar-refractivity contribution is 5.83. The van der Waals surface area contributed by atoms with Crippen LogP contribution in [0, 0.1) is 5.41 Å². The summed E-state index contributed by atoms with van der Waals surface area (Å²) < 4.78 is 83.8. The first-order valence-corrected chi connectivity index (χ1v) is 11.8. The van der Waals surface area contributed by atoms with Gasteiger partial charge in [-0.3, -0.25) is 19.3 Å². The molecule has 0 atom stereocenters. The fraction of sp³-hybridized carbons (Fsp3) is 0.696. The molecule has 2 bridgehead atoms. The average Bonchev–Trinajstić information content (AvgIpc) is 2.79. The van der Waals surface area contributed by atoms with Gasteiger partial charge in [-0.1, -0.05) is 0 Å². The van der Waals surface area contributed by atoms with E-state index in [-0.39, 0.29) is 37.8 Å². The average molecular weight is 523 g/mol. The van der Waals surface area contributed by atoms with Gasteiger partial charge in [-0.15, -0.1) is 13.2 Å². The molecule has 0 radical (unpaired) electrons. The summed E-state index contributed by atoms with van der Waals surface area (Å²) in [5, 5.41) is 5.78. The van der Waals surface area contributed by atoms with Crippen molar-refractivity contribution in [1.82, 2.24) is 15.6 Å². The third kappa shape index (κ3) is 6.28. The van der Waals surface area contributed by atoms with Crippen molar-refractivity contribution in [3.8, 4) is 0 Å². The summed E-state index contributed by atoms with van der Waals surface area (Å²) in [4.78, 5) is 29.1. The van der Waals surface area contributed by atoms with Crippen LogP contribution in [0.25, 0.3) is 0 Å². The number of amides is 2. The minimum atomic E-state index is -4.68. The van der Waals surface area contributed by atoms with Crippen molar-refractivity contribution in [2.75, 3.05) is 6.61 Å². The lowest BCUT2D eigenvalue weighted by molar-refractivity contribution is -0.357. The second-order valence-corrected chi connectivity index (χ2v) is 9.92. The maximum atomic E-state index is 12.9. The normalized spacial score (nSPS) is 29.9. The zero-order valence-electron chi connectivity index (χ0n) is 19.3. The Balaban J connectivity index is 1.19. The second-order valence-electron chi connectivity index (χ2n) is 9.92. The monoisotopic (exact) mass is 523 g/mol. The van der Waals surface area contributed by atoms with Crippen LogP contribution in [0.3, 0.4) is 0 Å². The Hall–Kier alpha value is -2.41. The summed E-state index contributed by atoms with van der Waals surface area (Å²) in [6, 6.07) is 2.16. The number of halogens is 6. The Labute approximate surface area is 203 Å². The van der Waals surface area contributed by atoms with Crippen LogP contribution in [-0.4, -0.2) is 47.5 Å². The SMILES string of the molecule is O=C(COC1CC(OC(F)(F)F)C1)NC12CCC(C(=O)NCc3ccc(C(F)(F)F)cn3)(CC1)CC2. The molecular formula is C23H27F6N3O4. The van der Waals surface area contributed by atoms with E-state index in [0.29, 0.717) is 44.2 Å². The van der Waals surface area contributed by atoms with Crippen molar-refractivity contribution in [3.63, 3.8) is 0 Å². The van der Waals surface area contributed by atoms with Crippen LogP contribution in [0.5, 0.6) is 0 Å². The number of alkyl halides is 6. The highest BCUT2D eigenvalue weighted by atomic mass is 19.4. The Bertz CT molecular complexity index is 936. The van der Waals surface area contributed by atoms with Crippen molar-refractivity contribution in [2.24, 2.45) is 5.41 Å². The molecule has 0 aliphatic heterocycles. The molecule has 4 aliphatic carbocycles. The molecule has 2 amide bonds. The summed E-state index contributed by atoms with van der Waals surface area (Å²) in [6.45, 7) is -0.231. The quantitative estimate of drug-likeness (QED) is 0.503. The molecule has 1 heterocycles. The van der Waals surface area contributed by atoms with Gasteiger partial charge in [-0.2, -0.15) is 13.2 Å². The predicted molar refractivity (Wildman–Crippen MR) is 112 cm³/mol. The van der Waals surface area contributed by atoms with Crippen LogP contribution < -0.4 is 10.6 Å². The van der Waals surface area contributed by atoms with Gasteiger partial charge in [-0.25, -0.2) is 0 Å². The Morgan fingerprint density at radius 2 is 1.61 bits per heavy atom. The fourth-order valence-corrected chi connectivity index (χ4v) is 5.23. The van der Waals surface area contributed by atoms with Crippen LogP contribution in [-0.2, 0) is 31.8 Å². The first-order valence-electron chi connectivity index (χ1n) is 11.8. The Morgan fingerprint density at radius 1 is 0.972 bits per heavy atom. The van der Waals surface area contributed by atoms with Gasteiger partial charge < -0.3 is 15.4 Å². The number of ether oxygens (including phenoxy) is 2. The molecule has 4 aliphatic rings. The van der Waals surface area contributed by atoms with Gasteiger partial charge in [0.15, 0.2) is 0 Å². The van der Waals surface area contributed by atoms with E-state index in [1.54, 1.807) is 0 Å². The lowest BCUT2D eigenvalue weighted by Crippen LogP contribution is -2.60. The topological polar surface area (TPSA) is 89.5 Å². The van der Waals surface area contributed by atoms with Crippen LogP contribution >= 0.6 is 0 Å². The molecule has 4 fully saturated rings.